The maximum absolute atomic E-state index is 14.2. The number of fused-ring (bicyclic) bond motifs is 3. The minimum atomic E-state index is -0.938. The first kappa shape index (κ1) is 69.7. The number of carbonyl (C=O) groups excluding carboxylic acids is 6. The molecule has 0 saturated heterocycles. The molecule has 0 bridgehead atoms. The summed E-state index contributed by atoms with van der Waals surface area (Å²) in [5.41, 5.74) is 28.2. The molecule has 0 unspecified atom stereocenters. The molecule has 9 aromatic rings. The van der Waals surface area contributed by atoms with E-state index >= 15 is 0 Å². The predicted molar refractivity (Wildman–Crippen MR) is 377 cm³/mol. The number of nitrogens with two attached hydrogens (primary N) is 3. The lowest BCUT2D eigenvalue weighted by molar-refractivity contribution is -0.126. The molecule has 3 atom stereocenters. The van der Waals surface area contributed by atoms with E-state index in [4.69, 9.17) is 33.4 Å². The van der Waals surface area contributed by atoms with Gasteiger partial charge in [-0.2, -0.15) is 0 Å². The van der Waals surface area contributed by atoms with Gasteiger partial charge in [-0.15, -0.1) is 12.4 Å². The predicted octanol–water partition coefficient (Wildman–Crippen LogP) is 7.45. The maximum atomic E-state index is 14.2. The van der Waals surface area contributed by atoms with Crippen LogP contribution >= 0.6 is 12.4 Å². The number of aryl methyl sites for hydroxylation is 3. The van der Waals surface area contributed by atoms with Crippen LogP contribution in [0.15, 0.2) is 146 Å². The van der Waals surface area contributed by atoms with Crippen LogP contribution in [-0.2, 0) is 48.0 Å². The molecule has 24 nitrogen and oxygen atoms in total. The van der Waals surface area contributed by atoms with Gasteiger partial charge in [0.1, 0.15) is 18.1 Å². The number of para-hydroxylation sites is 3. The Bertz CT molecular complexity index is 3790. The summed E-state index contributed by atoms with van der Waals surface area (Å²) in [6.45, 7) is 6.66. The molecule has 0 aliphatic heterocycles. The third-order valence-electron chi connectivity index (χ3n) is 16.5. The number of rotatable bonds is 30. The van der Waals surface area contributed by atoms with E-state index in [1.807, 2.05) is 130 Å². The van der Waals surface area contributed by atoms with Crippen LogP contribution in [-0.4, -0.2) is 106 Å². The highest BCUT2D eigenvalue weighted by Crippen LogP contribution is 2.35. The van der Waals surface area contributed by atoms with Gasteiger partial charge in [-0.05, 0) is 147 Å². The number of hydrogen-bond acceptors (Lipinski definition) is 9. The number of H-pyrrole nitrogens is 3. The van der Waals surface area contributed by atoms with Gasteiger partial charge in [-0.1, -0.05) is 91.0 Å². The fourth-order valence-electron chi connectivity index (χ4n) is 11.8. The third kappa shape index (κ3) is 19.0. The van der Waals surface area contributed by atoms with Gasteiger partial charge in [-0.3, -0.25) is 45.0 Å². The lowest BCUT2D eigenvalue weighted by atomic mass is 9.85. The molecule has 95 heavy (non-hydrogen) atoms. The van der Waals surface area contributed by atoms with Crippen molar-refractivity contribution in [2.45, 2.75) is 103 Å². The minimum absolute atomic E-state index is 0. The standard InChI is InChI=1S/C70H82N18O6.ClH/c1-40-52(49-13-4-7-16-55(49)80-40)37-61(89)86-58(19-10-34-77-68(71)72)65(92)83-46-28-22-43(23-29-46)64(44-24-30-47(31-25-44)84-66(93)59(20-11-35-78-69(73)74)87-62(90)38-53-41(2)81-56-17-8-5-14-50(53)56)45-26-32-48(33-27-45)85-67(94)60(21-12-36-79-70(75)76)88-63(91)39-54-42(3)82-57-18-9-6-15-51(54)57;/h4-9,13-18,22-33,58-60,64,80-82H,10-12,19-21,34-39H2,1-3H3,(H,83,92)(H,84,93)(H,85,94)(H,86,89)(H,87,90)(H,88,91)(H4,71,72,77)(H4,73,74,78)(H4,75,76,79);1H/t58-,59-,60-;/m1./s1. The molecular weight excluding hydrogens is 1220 g/mol. The summed E-state index contributed by atoms with van der Waals surface area (Å²) in [5.74, 6) is -3.41. The Kier molecular flexibility index (Phi) is 24.2. The summed E-state index contributed by atoms with van der Waals surface area (Å²) in [5, 5.41) is 51.7. The van der Waals surface area contributed by atoms with Gasteiger partial charge in [0.25, 0.3) is 0 Å². The minimum Gasteiger partial charge on any atom is -0.370 e. The first-order valence-corrected chi connectivity index (χ1v) is 31.3. The SMILES string of the molecule is Cc1[nH]c2ccccc2c1CC(=O)N[C@H](CCCNC(=N)N)C(=O)Nc1ccc(C(c2ccc(NC(=O)[C@@H](CCCNC(=N)N)NC(=O)Cc3c(C)[nH]c4ccccc34)cc2)c2ccc(NC(=O)[C@@H](CCCNC(=N)N)NC(=O)Cc3c(C)[nH]c4ccccc34)cc2)cc1.Cl. The summed E-state index contributed by atoms with van der Waals surface area (Å²) in [4.78, 5) is 93.8. The van der Waals surface area contributed by atoms with Crippen molar-refractivity contribution in [3.63, 3.8) is 0 Å². The Morgan fingerprint density at radius 3 is 0.895 bits per heavy atom. The van der Waals surface area contributed by atoms with E-state index < -0.39 is 41.8 Å². The van der Waals surface area contributed by atoms with Crippen LogP contribution in [0.5, 0.6) is 0 Å². The number of benzene rings is 6. The number of aromatic nitrogens is 3. The monoisotopic (exact) mass is 1310 g/mol. The van der Waals surface area contributed by atoms with E-state index in [2.05, 4.69) is 62.8 Å². The Hall–Kier alpha value is -11.1. The highest BCUT2D eigenvalue weighted by molar-refractivity contribution is 6.01. The second-order valence-corrected chi connectivity index (χ2v) is 23.4. The first-order chi connectivity index (χ1) is 45.3. The van der Waals surface area contributed by atoms with Crippen molar-refractivity contribution >= 4 is 115 Å². The molecule has 9 rings (SSSR count). The zero-order valence-electron chi connectivity index (χ0n) is 53.2. The molecular formula is C70H83ClN18O6. The van der Waals surface area contributed by atoms with Crippen LogP contribution in [0.3, 0.4) is 0 Å². The number of halogens is 1. The van der Waals surface area contributed by atoms with Gasteiger partial charge < -0.3 is 80.0 Å². The van der Waals surface area contributed by atoms with Gasteiger partial charge in [-0.25, -0.2) is 0 Å². The molecule has 0 radical (unpaired) electrons. The molecule has 3 aromatic heterocycles. The lowest BCUT2D eigenvalue weighted by Gasteiger charge is -2.22. The molecule has 21 N–H and O–H groups in total. The number of amides is 6. The van der Waals surface area contributed by atoms with E-state index in [0.717, 1.165) is 83.2 Å². The molecule has 6 aromatic carbocycles. The van der Waals surface area contributed by atoms with Crippen LogP contribution in [0.1, 0.15) is 94.9 Å². The van der Waals surface area contributed by atoms with Crippen LogP contribution in [0.4, 0.5) is 17.1 Å². The number of anilines is 3. The zero-order valence-corrected chi connectivity index (χ0v) is 54.1. The Labute approximate surface area is 556 Å². The second-order valence-electron chi connectivity index (χ2n) is 23.4. The Morgan fingerprint density at radius 2 is 0.642 bits per heavy atom. The third-order valence-corrected chi connectivity index (χ3v) is 16.5. The molecule has 25 heteroatoms. The van der Waals surface area contributed by atoms with E-state index in [-0.39, 0.29) is 86.5 Å². The molecule has 0 saturated carbocycles. The smallest absolute Gasteiger partial charge is 0.246 e. The van der Waals surface area contributed by atoms with Crippen LogP contribution in [0.25, 0.3) is 32.7 Å². The summed E-state index contributed by atoms with van der Waals surface area (Å²) < 4.78 is 0. The first-order valence-electron chi connectivity index (χ1n) is 31.3. The summed E-state index contributed by atoms with van der Waals surface area (Å²) in [6, 6.07) is 42.3. The summed E-state index contributed by atoms with van der Waals surface area (Å²) in [7, 11) is 0. The fraction of sp³-hybridized carbons (Fsp3) is 0.271. The Morgan fingerprint density at radius 1 is 0.389 bits per heavy atom. The van der Waals surface area contributed by atoms with Gasteiger partial charge in [0.15, 0.2) is 17.9 Å². The van der Waals surface area contributed by atoms with Crippen molar-refractivity contribution in [3.8, 4) is 0 Å². The van der Waals surface area contributed by atoms with Gasteiger partial charge in [0, 0.05) is 92.4 Å². The number of aromatic amines is 3. The molecule has 0 spiro atoms. The van der Waals surface area contributed by atoms with Crippen molar-refractivity contribution in [1.29, 1.82) is 16.2 Å². The number of carbonyl (C=O) groups is 6. The fourth-order valence-corrected chi connectivity index (χ4v) is 11.8. The van der Waals surface area contributed by atoms with E-state index in [1.54, 1.807) is 36.4 Å². The van der Waals surface area contributed by atoms with E-state index in [9.17, 15) is 28.8 Å². The van der Waals surface area contributed by atoms with Gasteiger partial charge in [0.05, 0.1) is 19.3 Å². The van der Waals surface area contributed by atoms with Gasteiger partial charge >= 0.3 is 0 Å². The average Bonchev–Trinajstić information content (AvgIpc) is 1.70. The topological polar surface area (TPSA) is 408 Å². The van der Waals surface area contributed by atoms with E-state index in [0.29, 0.717) is 56.0 Å². The maximum Gasteiger partial charge on any atom is 0.246 e. The average molecular weight is 1310 g/mol. The van der Waals surface area contributed by atoms with Crippen molar-refractivity contribution in [2.24, 2.45) is 17.2 Å². The van der Waals surface area contributed by atoms with Crippen LogP contribution in [0.2, 0.25) is 0 Å². The molecule has 6 amide bonds. The number of hydrogen-bond donors (Lipinski definition) is 18. The summed E-state index contributed by atoms with van der Waals surface area (Å²) >= 11 is 0. The number of nitrogens with one attached hydrogen (secondary N) is 15. The molecule has 0 aliphatic carbocycles. The Balaban J connectivity index is 0.0000116. The summed E-state index contributed by atoms with van der Waals surface area (Å²) in [6.07, 6.45) is 2.13. The molecule has 496 valence electrons. The van der Waals surface area contributed by atoms with Gasteiger partial charge in [0.2, 0.25) is 35.4 Å². The lowest BCUT2D eigenvalue weighted by Crippen LogP contribution is -2.45. The van der Waals surface area contributed by atoms with Crippen molar-refractivity contribution < 1.29 is 28.8 Å². The van der Waals surface area contributed by atoms with Crippen LogP contribution in [0, 0.1) is 37.0 Å². The van der Waals surface area contributed by atoms with Crippen LogP contribution < -0.4 is 65.1 Å². The highest BCUT2D eigenvalue weighted by atomic mass is 35.5. The largest absolute Gasteiger partial charge is 0.370 e. The second kappa shape index (κ2) is 32.9. The highest BCUT2D eigenvalue weighted by Gasteiger charge is 2.27. The molecule has 3 heterocycles. The zero-order chi connectivity index (χ0) is 66.8. The molecule has 0 fully saturated rings. The quantitative estimate of drug-likeness (QED) is 0.00903. The van der Waals surface area contributed by atoms with E-state index in [1.165, 1.54) is 0 Å². The van der Waals surface area contributed by atoms with Crippen molar-refractivity contribution in [1.82, 2.24) is 46.9 Å². The molecule has 0 aliphatic rings. The van der Waals surface area contributed by atoms with Crippen molar-refractivity contribution in [3.05, 3.63) is 196 Å². The normalized spacial score (nSPS) is 12.3. The number of guanidine groups is 3. The van der Waals surface area contributed by atoms with Crippen molar-refractivity contribution in [2.75, 3.05) is 35.6 Å².